The van der Waals surface area contributed by atoms with E-state index in [4.69, 9.17) is 14.2 Å². The number of fused-ring (bicyclic) bond motifs is 1. The summed E-state index contributed by atoms with van der Waals surface area (Å²) in [4.78, 5) is 47.4. The Morgan fingerprint density at radius 2 is 1.22 bits per heavy atom. The SMILES string of the molecule is COc1ccc(CC(CC(=O)c2ccc(F)cc2)C(=O)O)cc1.O=C(CC(Cc1ccccc1)C(=O)O)c1ccc2c(c1)OCO2. The number of benzene rings is 4. The van der Waals surface area contributed by atoms with Crippen LogP contribution >= 0.6 is 0 Å². The zero-order valence-corrected chi connectivity index (χ0v) is 25.1. The monoisotopic (exact) mass is 628 g/mol. The normalized spacial score (nSPS) is 12.7. The van der Waals surface area contributed by atoms with Crippen molar-refractivity contribution in [3.8, 4) is 17.2 Å². The van der Waals surface area contributed by atoms with E-state index in [1.807, 2.05) is 30.3 Å². The fourth-order valence-electron chi connectivity index (χ4n) is 4.83. The van der Waals surface area contributed by atoms with Crippen molar-refractivity contribution in [2.24, 2.45) is 11.8 Å². The number of ether oxygens (including phenoxy) is 3. The summed E-state index contributed by atoms with van der Waals surface area (Å²) in [5.74, 6) is -2.75. The third-order valence-electron chi connectivity index (χ3n) is 7.39. The molecule has 0 aliphatic carbocycles. The number of hydrogen-bond donors (Lipinski definition) is 2. The molecule has 9 nitrogen and oxygen atoms in total. The minimum absolute atomic E-state index is 0.0517. The zero-order chi connectivity index (χ0) is 33.1. The molecule has 0 saturated heterocycles. The maximum absolute atomic E-state index is 12.9. The lowest BCUT2D eigenvalue weighted by atomic mass is 9.92. The molecule has 238 valence electrons. The first-order chi connectivity index (χ1) is 22.1. The number of rotatable bonds is 13. The molecule has 0 spiro atoms. The lowest BCUT2D eigenvalue weighted by Gasteiger charge is -2.12. The first-order valence-corrected chi connectivity index (χ1v) is 14.5. The topological polar surface area (TPSA) is 136 Å². The number of hydrogen-bond acceptors (Lipinski definition) is 7. The summed E-state index contributed by atoms with van der Waals surface area (Å²) in [5.41, 5.74) is 2.46. The third kappa shape index (κ3) is 9.49. The van der Waals surface area contributed by atoms with Crippen molar-refractivity contribution in [3.63, 3.8) is 0 Å². The molecular weight excluding hydrogens is 595 g/mol. The number of methoxy groups -OCH3 is 1. The Bertz CT molecular complexity index is 1650. The molecule has 2 unspecified atom stereocenters. The fraction of sp³-hybridized carbons (Fsp3) is 0.222. The zero-order valence-electron chi connectivity index (χ0n) is 25.1. The third-order valence-corrected chi connectivity index (χ3v) is 7.39. The number of carboxylic acids is 2. The Morgan fingerprint density at radius 3 is 1.78 bits per heavy atom. The van der Waals surface area contributed by atoms with Crippen LogP contribution in [0.2, 0.25) is 0 Å². The van der Waals surface area contributed by atoms with Gasteiger partial charge in [0.15, 0.2) is 23.1 Å². The molecule has 2 N–H and O–H groups in total. The number of carbonyl (C=O) groups is 4. The molecule has 0 bridgehead atoms. The van der Waals surface area contributed by atoms with Gasteiger partial charge in [0.25, 0.3) is 0 Å². The van der Waals surface area contributed by atoms with E-state index in [2.05, 4.69) is 0 Å². The first-order valence-electron chi connectivity index (χ1n) is 14.5. The van der Waals surface area contributed by atoms with Gasteiger partial charge in [-0.25, -0.2) is 4.39 Å². The van der Waals surface area contributed by atoms with Gasteiger partial charge in [0.05, 0.1) is 18.9 Å². The summed E-state index contributed by atoms with van der Waals surface area (Å²) >= 11 is 0. The van der Waals surface area contributed by atoms with Gasteiger partial charge < -0.3 is 24.4 Å². The standard InChI is InChI=1S/C18H17FO4.C18H16O5/c1-23-16-8-2-12(3-9-16)10-14(18(21)22)11-17(20)13-4-6-15(19)7-5-13;19-15(13-6-7-16-17(10-13)23-11-22-16)9-14(18(20)21)8-12-4-2-1-3-5-12/h2-9,14H,10-11H2,1H3,(H,21,22);1-7,10,14H,8-9,11H2,(H,20,21). The van der Waals surface area contributed by atoms with Crippen molar-refractivity contribution in [1.82, 2.24) is 0 Å². The molecule has 1 heterocycles. The van der Waals surface area contributed by atoms with Crippen LogP contribution in [0.15, 0.2) is 97.1 Å². The Morgan fingerprint density at radius 1 is 0.696 bits per heavy atom. The highest BCUT2D eigenvalue weighted by Crippen LogP contribution is 2.33. The number of carboxylic acid groups (broad SMARTS) is 2. The van der Waals surface area contributed by atoms with Crippen LogP contribution in [-0.4, -0.2) is 47.6 Å². The average molecular weight is 629 g/mol. The Balaban J connectivity index is 0.000000209. The molecule has 2 atom stereocenters. The molecule has 0 amide bonds. The van der Waals surface area contributed by atoms with Crippen LogP contribution in [0.25, 0.3) is 0 Å². The molecule has 4 aromatic rings. The summed E-state index contributed by atoms with van der Waals surface area (Å²) in [6.07, 6.45) is 0.385. The molecule has 46 heavy (non-hydrogen) atoms. The van der Waals surface area contributed by atoms with E-state index in [9.17, 15) is 33.8 Å². The van der Waals surface area contributed by atoms with E-state index in [1.165, 1.54) is 24.3 Å². The largest absolute Gasteiger partial charge is 0.497 e. The van der Waals surface area contributed by atoms with Gasteiger partial charge in [-0.2, -0.15) is 0 Å². The molecule has 0 fully saturated rings. The lowest BCUT2D eigenvalue weighted by molar-refractivity contribution is -0.142. The minimum atomic E-state index is -1.03. The average Bonchev–Trinajstić information content (AvgIpc) is 3.53. The van der Waals surface area contributed by atoms with Crippen molar-refractivity contribution in [1.29, 1.82) is 0 Å². The van der Waals surface area contributed by atoms with Crippen LogP contribution in [0, 0.1) is 17.7 Å². The molecule has 4 aromatic carbocycles. The van der Waals surface area contributed by atoms with Gasteiger partial charge >= 0.3 is 11.9 Å². The molecule has 5 rings (SSSR count). The van der Waals surface area contributed by atoms with Crippen molar-refractivity contribution in [3.05, 3.63) is 125 Å². The fourth-order valence-corrected chi connectivity index (χ4v) is 4.83. The Kier molecular flexibility index (Phi) is 11.6. The summed E-state index contributed by atoms with van der Waals surface area (Å²) in [6.45, 7) is 0.138. The second-order valence-electron chi connectivity index (χ2n) is 10.6. The molecule has 10 heteroatoms. The summed E-state index contributed by atoms with van der Waals surface area (Å²) < 4.78 is 28.4. The van der Waals surface area contributed by atoms with Gasteiger partial charge in [-0.05, 0) is 78.6 Å². The molecule has 1 aliphatic rings. The number of carbonyl (C=O) groups excluding carboxylic acids is 2. The van der Waals surface area contributed by atoms with Crippen LogP contribution in [0.4, 0.5) is 4.39 Å². The van der Waals surface area contributed by atoms with Gasteiger partial charge in [0.1, 0.15) is 11.6 Å². The summed E-state index contributed by atoms with van der Waals surface area (Å²) in [5, 5.41) is 18.7. The summed E-state index contributed by atoms with van der Waals surface area (Å²) in [6, 6.07) is 26.4. The number of ketones is 2. The van der Waals surface area contributed by atoms with Gasteiger partial charge in [0.2, 0.25) is 6.79 Å². The van der Waals surface area contributed by atoms with Crippen LogP contribution in [0.5, 0.6) is 17.2 Å². The van der Waals surface area contributed by atoms with Crippen molar-refractivity contribution in [2.45, 2.75) is 25.7 Å². The summed E-state index contributed by atoms with van der Waals surface area (Å²) in [7, 11) is 1.55. The van der Waals surface area contributed by atoms with Crippen LogP contribution in [-0.2, 0) is 22.4 Å². The number of aliphatic carboxylic acids is 2. The van der Waals surface area contributed by atoms with Crippen LogP contribution in [0.3, 0.4) is 0 Å². The first kappa shape index (κ1) is 33.4. The highest BCUT2D eigenvalue weighted by atomic mass is 19.1. The quantitative estimate of drug-likeness (QED) is 0.164. The van der Waals surface area contributed by atoms with E-state index in [0.29, 0.717) is 34.8 Å². The van der Waals surface area contributed by atoms with Crippen LogP contribution < -0.4 is 14.2 Å². The highest BCUT2D eigenvalue weighted by Gasteiger charge is 2.25. The Hall–Kier alpha value is -5.51. The van der Waals surface area contributed by atoms with Gasteiger partial charge in [0, 0.05) is 24.0 Å². The van der Waals surface area contributed by atoms with E-state index in [0.717, 1.165) is 11.1 Å². The Labute approximate surface area is 265 Å². The lowest BCUT2D eigenvalue weighted by Crippen LogP contribution is -2.20. The number of halogens is 1. The minimum Gasteiger partial charge on any atom is -0.497 e. The molecule has 0 radical (unpaired) electrons. The molecule has 1 aliphatic heterocycles. The second kappa shape index (κ2) is 16.0. The van der Waals surface area contributed by atoms with Crippen LogP contribution in [0.1, 0.15) is 44.7 Å². The van der Waals surface area contributed by atoms with Gasteiger partial charge in [-0.3, -0.25) is 19.2 Å². The van der Waals surface area contributed by atoms with E-state index in [1.54, 1.807) is 49.6 Å². The van der Waals surface area contributed by atoms with E-state index < -0.39 is 29.6 Å². The molecular formula is C36H33FO9. The molecule has 0 aromatic heterocycles. The maximum Gasteiger partial charge on any atom is 0.307 e. The number of Topliss-reactive ketones (excluding diaryl/α,β-unsaturated/α-hetero) is 2. The maximum atomic E-state index is 12.9. The van der Waals surface area contributed by atoms with Crippen molar-refractivity contribution in [2.75, 3.05) is 13.9 Å². The van der Waals surface area contributed by atoms with Crippen molar-refractivity contribution >= 4 is 23.5 Å². The van der Waals surface area contributed by atoms with Gasteiger partial charge in [-0.1, -0.05) is 42.5 Å². The molecule has 0 saturated carbocycles. The predicted octanol–water partition coefficient (Wildman–Crippen LogP) is 6.28. The van der Waals surface area contributed by atoms with Gasteiger partial charge in [-0.15, -0.1) is 0 Å². The smallest absolute Gasteiger partial charge is 0.307 e. The van der Waals surface area contributed by atoms with Crippen molar-refractivity contribution < 1.29 is 48.0 Å². The highest BCUT2D eigenvalue weighted by molar-refractivity contribution is 5.99. The van der Waals surface area contributed by atoms with E-state index in [-0.39, 0.29) is 37.6 Å². The van der Waals surface area contributed by atoms with E-state index >= 15 is 0 Å². The second-order valence-corrected chi connectivity index (χ2v) is 10.6. The predicted molar refractivity (Wildman–Crippen MR) is 166 cm³/mol.